The van der Waals surface area contributed by atoms with Crippen LogP contribution in [0.1, 0.15) is 30.5 Å². The number of fused-ring (bicyclic) bond motifs is 1. The van der Waals surface area contributed by atoms with Gasteiger partial charge in [0, 0.05) is 13.1 Å². The molecular formula is C21H24FNO3. The van der Waals surface area contributed by atoms with Crippen molar-refractivity contribution in [1.82, 2.24) is 4.90 Å². The summed E-state index contributed by atoms with van der Waals surface area (Å²) in [6.07, 6.45) is 1.07. The second kappa shape index (κ2) is 8.21. The van der Waals surface area contributed by atoms with E-state index < -0.39 is 0 Å². The fraction of sp³-hybridized carbons (Fsp3) is 0.381. The molecule has 0 N–H and O–H groups in total. The molecule has 0 saturated heterocycles. The van der Waals surface area contributed by atoms with Crippen LogP contribution in [0.4, 0.5) is 4.39 Å². The summed E-state index contributed by atoms with van der Waals surface area (Å²) in [6.45, 7) is 6.26. The van der Waals surface area contributed by atoms with E-state index in [9.17, 15) is 9.18 Å². The molecule has 0 spiro atoms. The van der Waals surface area contributed by atoms with Crippen LogP contribution >= 0.6 is 0 Å². The van der Waals surface area contributed by atoms with Gasteiger partial charge in [-0.25, -0.2) is 4.39 Å². The highest BCUT2D eigenvalue weighted by molar-refractivity contribution is 5.79. The fourth-order valence-electron chi connectivity index (χ4n) is 3.20. The Morgan fingerprint density at radius 3 is 2.27 bits per heavy atom. The Morgan fingerprint density at radius 2 is 1.65 bits per heavy atom. The molecule has 0 aromatic heterocycles. The third kappa shape index (κ3) is 4.15. The highest BCUT2D eigenvalue weighted by Gasteiger charge is 2.23. The number of benzene rings is 2. The summed E-state index contributed by atoms with van der Waals surface area (Å²) >= 11 is 0. The van der Waals surface area contributed by atoms with Gasteiger partial charge in [-0.15, -0.1) is 0 Å². The van der Waals surface area contributed by atoms with Crippen molar-refractivity contribution >= 4 is 5.91 Å². The Labute approximate surface area is 153 Å². The van der Waals surface area contributed by atoms with Gasteiger partial charge in [0.25, 0.3) is 0 Å². The molecule has 1 aliphatic heterocycles. The maximum absolute atomic E-state index is 13.0. The number of amides is 1. The van der Waals surface area contributed by atoms with Crippen molar-refractivity contribution in [3.63, 3.8) is 0 Å². The van der Waals surface area contributed by atoms with Crippen LogP contribution in [0, 0.1) is 5.82 Å². The summed E-state index contributed by atoms with van der Waals surface area (Å²) in [5, 5.41) is 0. The van der Waals surface area contributed by atoms with Crippen LogP contribution in [-0.2, 0) is 24.2 Å². The quantitative estimate of drug-likeness (QED) is 0.790. The van der Waals surface area contributed by atoms with Crippen LogP contribution in [-0.4, -0.2) is 30.6 Å². The number of hydrogen-bond donors (Lipinski definition) is 0. The minimum Gasteiger partial charge on any atom is -0.490 e. The summed E-state index contributed by atoms with van der Waals surface area (Å²) in [5.74, 6) is 1.25. The van der Waals surface area contributed by atoms with Crippen LogP contribution in [0.3, 0.4) is 0 Å². The fourth-order valence-corrected chi connectivity index (χ4v) is 3.20. The molecule has 2 aromatic rings. The lowest BCUT2D eigenvalue weighted by atomic mass is 9.98. The SMILES string of the molecule is CCOc1cc2c(cc1OCC)CN(C(=O)Cc1ccc(F)cc1)CC2. The average molecular weight is 357 g/mol. The Kier molecular flexibility index (Phi) is 5.76. The number of halogens is 1. The van der Waals surface area contributed by atoms with Gasteiger partial charge in [-0.05, 0) is 61.2 Å². The van der Waals surface area contributed by atoms with E-state index in [2.05, 4.69) is 0 Å². The normalized spacial score (nSPS) is 13.3. The van der Waals surface area contributed by atoms with Gasteiger partial charge >= 0.3 is 0 Å². The van der Waals surface area contributed by atoms with E-state index in [1.54, 1.807) is 12.1 Å². The maximum Gasteiger partial charge on any atom is 0.227 e. The highest BCUT2D eigenvalue weighted by Crippen LogP contribution is 2.34. The second-order valence-corrected chi connectivity index (χ2v) is 6.30. The lowest BCUT2D eigenvalue weighted by Crippen LogP contribution is -2.37. The predicted molar refractivity (Wildman–Crippen MR) is 98.0 cm³/mol. The summed E-state index contributed by atoms with van der Waals surface area (Å²) < 4.78 is 24.4. The largest absolute Gasteiger partial charge is 0.490 e. The Morgan fingerprint density at radius 1 is 1.04 bits per heavy atom. The van der Waals surface area contributed by atoms with Gasteiger partial charge < -0.3 is 14.4 Å². The van der Waals surface area contributed by atoms with Crippen LogP contribution in [0.5, 0.6) is 11.5 Å². The first-order valence-corrected chi connectivity index (χ1v) is 9.04. The molecule has 4 nitrogen and oxygen atoms in total. The zero-order valence-corrected chi connectivity index (χ0v) is 15.3. The minimum absolute atomic E-state index is 0.0501. The molecule has 0 bridgehead atoms. The van der Waals surface area contributed by atoms with E-state index in [1.807, 2.05) is 30.9 Å². The summed E-state index contributed by atoms with van der Waals surface area (Å²) in [4.78, 5) is 14.5. The van der Waals surface area contributed by atoms with Gasteiger partial charge in [0.1, 0.15) is 5.82 Å². The molecule has 3 rings (SSSR count). The molecule has 5 heteroatoms. The molecule has 0 atom stereocenters. The molecule has 1 amide bonds. The Balaban J connectivity index is 1.74. The number of carbonyl (C=O) groups is 1. The first kappa shape index (κ1) is 18.2. The highest BCUT2D eigenvalue weighted by atomic mass is 19.1. The molecule has 0 radical (unpaired) electrons. The van der Waals surface area contributed by atoms with Gasteiger partial charge in [0.05, 0.1) is 19.6 Å². The minimum atomic E-state index is -0.290. The van der Waals surface area contributed by atoms with Crippen molar-refractivity contribution in [2.75, 3.05) is 19.8 Å². The van der Waals surface area contributed by atoms with Gasteiger partial charge in [0.15, 0.2) is 11.5 Å². The molecule has 1 aliphatic rings. The number of ether oxygens (including phenoxy) is 2. The van der Waals surface area contributed by atoms with Crippen LogP contribution in [0.2, 0.25) is 0 Å². The van der Waals surface area contributed by atoms with E-state index in [-0.39, 0.29) is 18.1 Å². The standard InChI is InChI=1S/C21H24FNO3/c1-3-25-19-12-16-9-10-23(14-17(16)13-20(19)26-4-2)21(24)11-15-5-7-18(22)8-6-15/h5-8,12-13H,3-4,9-11,14H2,1-2H3. The molecule has 0 aliphatic carbocycles. The van der Waals surface area contributed by atoms with Crippen molar-refractivity contribution < 1.29 is 18.7 Å². The van der Waals surface area contributed by atoms with E-state index >= 15 is 0 Å². The summed E-state index contributed by atoms with van der Waals surface area (Å²) in [6, 6.07) is 10.1. The lowest BCUT2D eigenvalue weighted by Gasteiger charge is -2.30. The number of carbonyl (C=O) groups excluding carboxylic acids is 1. The predicted octanol–water partition coefficient (Wildman–Crippen LogP) is 3.75. The second-order valence-electron chi connectivity index (χ2n) is 6.30. The van der Waals surface area contributed by atoms with Crippen LogP contribution < -0.4 is 9.47 Å². The first-order chi connectivity index (χ1) is 12.6. The molecular weight excluding hydrogens is 333 g/mol. The van der Waals surface area contributed by atoms with Gasteiger partial charge in [-0.3, -0.25) is 4.79 Å². The smallest absolute Gasteiger partial charge is 0.227 e. The lowest BCUT2D eigenvalue weighted by molar-refractivity contribution is -0.131. The van der Waals surface area contributed by atoms with Crippen molar-refractivity contribution in [3.05, 3.63) is 58.9 Å². The van der Waals surface area contributed by atoms with E-state index in [4.69, 9.17) is 9.47 Å². The van der Waals surface area contributed by atoms with Crippen molar-refractivity contribution in [1.29, 1.82) is 0 Å². The Hall–Kier alpha value is -2.56. The number of rotatable bonds is 6. The third-order valence-electron chi connectivity index (χ3n) is 4.50. The molecule has 0 fully saturated rings. The zero-order valence-electron chi connectivity index (χ0n) is 15.3. The van der Waals surface area contributed by atoms with Crippen molar-refractivity contribution in [3.8, 4) is 11.5 Å². The van der Waals surface area contributed by atoms with E-state index in [0.717, 1.165) is 29.0 Å². The zero-order chi connectivity index (χ0) is 18.5. The summed E-state index contributed by atoms with van der Waals surface area (Å²) in [5.41, 5.74) is 3.11. The molecule has 2 aromatic carbocycles. The monoisotopic (exact) mass is 357 g/mol. The average Bonchev–Trinajstić information content (AvgIpc) is 2.64. The van der Waals surface area contributed by atoms with Crippen molar-refractivity contribution in [2.45, 2.75) is 33.2 Å². The third-order valence-corrected chi connectivity index (χ3v) is 4.50. The molecule has 0 unspecified atom stereocenters. The van der Waals surface area contributed by atoms with Gasteiger partial charge in [0.2, 0.25) is 5.91 Å². The molecule has 0 saturated carbocycles. The Bertz CT molecular complexity index is 774. The van der Waals surface area contributed by atoms with Crippen molar-refractivity contribution in [2.24, 2.45) is 0 Å². The van der Waals surface area contributed by atoms with Crippen LogP contribution in [0.25, 0.3) is 0 Å². The van der Waals surface area contributed by atoms with Gasteiger partial charge in [-0.2, -0.15) is 0 Å². The number of nitrogens with zero attached hydrogens (tertiary/aromatic N) is 1. The van der Waals surface area contributed by atoms with E-state index in [1.165, 1.54) is 17.7 Å². The summed E-state index contributed by atoms with van der Waals surface area (Å²) in [7, 11) is 0. The van der Waals surface area contributed by atoms with Crippen LogP contribution in [0.15, 0.2) is 36.4 Å². The molecule has 26 heavy (non-hydrogen) atoms. The molecule has 1 heterocycles. The topological polar surface area (TPSA) is 38.8 Å². The maximum atomic E-state index is 13.0. The van der Waals surface area contributed by atoms with E-state index in [0.29, 0.717) is 26.3 Å². The first-order valence-electron chi connectivity index (χ1n) is 9.04. The van der Waals surface area contributed by atoms with Gasteiger partial charge in [-0.1, -0.05) is 12.1 Å². The molecule has 138 valence electrons. The number of hydrogen-bond acceptors (Lipinski definition) is 3.